The van der Waals surface area contributed by atoms with Crippen LogP contribution in [0.2, 0.25) is 0 Å². The van der Waals surface area contributed by atoms with Crippen molar-refractivity contribution in [1.82, 2.24) is 4.90 Å². The van der Waals surface area contributed by atoms with Crippen molar-refractivity contribution >= 4 is 11.0 Å². The molecule has 0 N–H and O–H groups in total. The minimum absolute atomic E-state index is 0.0321. The number of benzene rings is 2. The summed E-state index contributed by atoms with van der Waals surface area (Å²) in [5, 5.41) is 0.560. The Bertz CT molecular complexity index is 988. The zero-order chi connectivity index (χ0) is 19.5. The topological polar surface area (TPSA) is 51.9 Å². The fraction of sp³-hybridized carbons (Fsp3) is 0.348. The quantitative estimate of drug-likeness (QED) is 0.672. The van der Waals surface area contributed by atoms with Gasteiger partial charge in [0.25, 0.3) is 0 Å². The van der Waals surface area contributed by atoms with Crippen LogP contribution in [0.1, 0.15) is 13.8 Å². The van der Waals surface area contributed by atoms with E-state index in [1.165, 1.54) is 6.26 Å². The van der Waals surface area contributed by atoms with Gasteiger partial charge in [0.05, 0.1) is 23.2 Å². The van der Waals surface area contributed by atoms with Crippen LogP contribution in [-0.4, -0.2) is 43.3 Å². The van der Waals surface area contributed by atoms with Crippen LogP contribution in [0.25, 0.3) is 22.1 Å². The smallest absolute Gasteiger partial charge is 0.200 e. The van der Waals surface area contributed by atoms with Crippen molar-refractivity contribution in [3.63, 3.8) is 0 Å². The molecule has 2 atom stereocenters. The Morgan fingerprint density at radius 2 is 1.82 bits per heavy atom. The lowest BCUT2D eigenvalue weighted by Crippen LogP contribution is -2.46. The molecule has 0 aliphatic carbocycles. The highest BCUT2D eigenvalue weighted by Gasteiger charge is 2.21. The van der Waals surface area contributed by atoms with Gasteiger partial charge in [0, 0.05) is 25.7 Å². The average Bonchev–Trinajstić information content (AvgIpc) is 2.68. The summed E-state index contributed by atoms with van der Waals surface area (Å²) in [6, 6.07) is 15.0. The molecule has 0 saturated carbocycles. The SMILES string of the molecule is C[C@@H]1CN(CCOc2ccc3c(=O)c(-c4ccccc4)coc3c2)C[C@@H](C)O1. The van der Waals surface area contributed by atoms with E-state index in [1.54, 1.807) is 12.1 Å². The first-order valence-electron chi connectivity index (χ1n) is 9.72. The van der Waals surface area contributed by atoms with Crippen LogP contribution in [0.15, 0.2) is 64.0 Å². The Morgan fingerprint density at radius 3 is 2.57 bits per heavy atom. The van der Waals surface area contributed by atoms with E-state index in [4.69, 9.17) is 13.9 Å². The van der Waals surface area contributed by atoms with Crippen molar-refractivity contribution in [2.75, 3.05) is 26.2 Å². The second-order valence-electron chi connectivity index (χ2n) is 7.37. The Balaban J connectivity index is 1.46. The van der Waals surface area contributed by atoms with Gasteiger partial charge in [-0.25, -0.2) is 0 Å². The van der Waals surface area contributed by atoms with Gasteiger partial charge in [-0.3, -0.25) is 9.69 Å². The Labute approximate surface area is 164 Å². The maximum Gasteiger partial charge on any atom is 0.200 e. The van der Waals surface area contributed by atoms with Gasteiger partial charge >= 0.3 is 0 Å². The van der Waals surface area contributed by atoms with Crippen molar-refractivity contribution in [3.8, 4) is 16.9 Å². The Morgan fingerprint density at radius 1 is 1.07 bits per heavy atom. The van der Waals surface area contributed by atoms with Crippen LogP contribution in [0, 0.1) is 0 Å². The van der Waals surface area contributed by atoms with Gasteiger partial charge in [-0.15, -0.1) is 0 Å². The second-order valence-corrected chi connectivity index (χ2v) is 7.37. The standard InChI is InChI=1S/C23H25NO4/c1-16-13-24(14-17(2)28-16)10-11-26-19-8-9-20-22(12-19)27-15-21(23(20)25)18-6-4-3-5-7-18/h3-9,12,15-17H,10-11,13-14H2,1-2H3/t16-,17-/m1/s1. The van der Waals surface area contributed by atoms with E-state index in [2.05, 4.69) is 18.7 Å². The molecule has 0 unspecified atom stereocenters. The molecule has 1 saturated heterocycles. The molecule has 146 valence electrons. The van der Waals surface area contributed by atoms with E-state index in [-0.39, 0.29) is 17.6 Å². The molecule has 5 heteroatoms. The molecule has 0 bridgehead atoms. The number of ether oxygens (including phenoxy) is 2. The zero-order valence-electron chi connectivity index (χ0n) is 16.3. The first-order chi connectivity index (χ1) is 13.6. The number of hydrogen-bond donors (Lipinski definition) is 0. The van der Waals surface area contributed by atoms with Crippen molar-refractivity contribution in [2.24, 2.45) is 0 Å². The molecule has 1 aliphatic rings. The number of fused-ring (bicyclic) bond motifs is 1. The number of nitrogens with zero attached hydrogens (tertiary/aromatic N) is 1. The van der Waals surface area contributed by atoms with Gasteiger partial charge in [0.2, 0.25) is 0 Å². The lowest BCUT2D eigenvalue weighted by molar-refractivity contribution is -0.0699. The van der Waals surface area contributed by atoms with E-state index in [9.17, 15) is 4.79 Å². The summed E-state index contributed by atoms with van der Waals surface area (Å²) < 4.78 is 17.4. The summed E-state index contributed by atoms with van der Waals surface area (Å²) >= 11 is 0. The third-order valence-electron chi connectivity index (χ3n) is 5.00. The van der Waals surface area contributed by atoms with E-state index in [1.807, 2.05) is 36.4 Å². The molecule has 5 nitrogen and oxygen atoms in total. The van der Waals surface area contributed by atoms with Gasteiger partial charge in [0.1, 0.15) is 24.2 Å². The van der Waals surface area contributed by atoms with Crippen LogP contribution in [0.5, 0.6) is 5.75 Å². The molecule has 0 radical (unpaired) electrons. The normalized spacial score (nSPS) is 20.4. The fourth-order valence-corrected chi connectivity index (χ4v) is 3.77. The molecule has 4 rings (SSSR count). The first-order valence-corrected chi connectivity index (χ1v) is 9.72. The van der Waals surface area contributed by atoms with Gasteiger partial charge in [-0.2, -0.15) is 0 Å². The molecule has 2 heterocycles. The van der Waals surface area contributed by atoms with E-state index in [0.717, 1.165) is 25.2 Å². The summed E-state index contributed by atoms with van der Waals surface area (Å²) in [6.45, 7) is 7.45. The molecular formula is C23H25NO4. The maximum atomic E-state index is 12.8. The number of hydrogen-bond acceptors (Lipinski definition) is 5. The highest BCUT2D eigenvalue weighted by molar-refractivity contribution is 5.82. The van der Waals surface area contributed by atoms with E-state index in [0.29, 0.717) is 28.9 Å². The largest absolute Gasteiger partial charge is 0.492 e. The van der Waals surface area contributed by atoms with Gasteiger partial charge < -0.3 is 13.9 Å². The molecule has 3 aromatic rings. The molecule has 1 aromatic heterocycles. The zero-order valence-corrected chi connectivity index (χ0v) is 16.3. The van der Waals surface area contributed by atoms with Crippen molar-refractivity contribution in [1.29, 1.82) is 0 Å². The predicted octanol–water partition coefficient (Wildman–Crippen LogP) is 3.95. The van der Waals surface area contributed by atoms with Crippen LogP contribution in [0.3, 0.4) is 0 Å². The minimum atomic E-state index is -0.0321. The van der Waals surface area contributed by atoms with Gasteiger partial charge in [0.15, 0.2) is 5.43 Å². The predicted molar refractivity (Wildman–Crippen MR) is 110 cm³/mol. The third-order valence-corrected chi connectivity index (χ3v) is 5.00. The summed E-state index contributed by atoms with van der Waals surface area (Å²) in [4.78, 5) is 15.2. The van der Waals surface area contributed by atoms with Crippen LogP contribution in [0.4, 0.5) is 0 Å². The van der Waals surface area contributed by atoms with Crippen LogP contribution in [-0.2, 0) is 4.74 Å². The molecule has 0 amide bonds. The molecule has 2 aromatic carbocycles. The Hall–Kier alpha value is -2.63. The average molecular weight is 379 g/mol. The molecular weight excluding hydrogens is 354 g/mol. The maximum absolute atomic E-state index is 12.8. The highest BCUT2D eigenvalue weighted by Crippen LogP contribution is 2.23. The number of rotatable bonds is 5. The summed E-state index contributed by atoms with van der Waals surface area (Å²) in [5.74, 6) is 0.706. The Kier molecular flexibility index (Phi) is 5.46. The lowest BCUT2D eigenvalue weighted by Gasteiger charge is -2.35. The van der Waals surface area contributed by atoms with Crippen molar-refractivity contribution in [3.05, 3.63) is 65.0 Å². The molecule has 0 spiro atoms. The lowest BCUT2D eigenvalue weighted by atomic mass is 10.1. The number of morpholine rings is 1. The second kappa shape index (κ2) is 8.17. The summed E-state index contributed by atoms with van der Waals surface area (Å²) in [6.07, 6.45) is 2.02. The van der Waals surface area contributed by atoms with Crippen LogP contribution < -0.4 is 10.2 Å². The van der Waals surface area contributed by atoms with Crippen LogP contribution >= 0.6 is 0 Å². The van der Waals surface area contributed by atoms with Gasteiger partial charge in [-0.1, -0.05) is 30.3 Å². The summed E-state index contributed by atoms with van der Waals surface area (Å²) in [5.41, 5.74) is 1.93. The monoisotopic (exact) mass is 379 g/mol. The van der Waals surface area contributed by atoms with Gasteiger partial charge in [-0.05, 0) is 31.5 Å². The summed E-state index contributed by atoms with van der Waals surface area (Å²) in [7, 11) is 0. The molecule has 1 aliphatic heterocycles. The first kappa shape index (κ1) is 18.7. The highest BCUT2D eigenvalue weighted by atomic mass is 16.5. The molecule has 1 fully saturated rings. The fourth-order valence-electron chi connectivity index (χ4n) is 3.77. The van der Waals surface area contributed by atoms with E-state index >= 15 is 0 Å². The van der Waals surface area contributed by atoms with E-state index < -0.39 is 0 Å². The molecule has 28 heavy (non-hydrogen) atoms. The third kappa shape index (κ3) is 4.11. The van der Waals surface area contributed by atoms with Crippen molar-refractivity contribution < 1.29 is 13.9 Å². The minimum Gasteiger partial charge on any atom is -0.492 e. The van der Waals surface area contributed by atoms with Crippen molar-refractivity contribution in [2.45, 2.75) is 26.1 Å².